The van der Waals surface area contributed by atoms with Crippen molar-refractivity contribution in [3.63, 3.8) is 0 Å². The molecule has 0 heterocycles. The first-order valence-electron chi connectivity index (χ1n) is 6.96. The highest BCUT2D eigenvalue weighted by molar-refractivity contribution is 5.72. The highest BCUT2D eigenvalue weighted by Gasteiger charge is 2.21. The van der Waals surface area contributed by atoms with Gasteiger partial charge in [-0.2, -0.15) is 0 Å². The molecule has 0 fully saturated rings. The summed E-state index contributed by atoms with van der Waals surface area (Å²) in [5.41, 5.74) is 0. The van der Waals surface area contributed by atoms with Crippen molar-refractivity contribution in [2.45, 2.75) is 0 Å². The van der Waals surface area contributed by atoms with E-state index in [1.54, 1.807) is 36.4 Å². The maximum absolute atomic E-state index is 12.2. The Labute approximate surface area is 139 Å². The van der Waals surface area contributed by atoms with Crippen LogP contribution in [0.4, 0.5) is 4.79 Å². The number of benzene rings is 2. The lowest BCUT2D eigenvalue weighted by Crippen LogP contribution is -2.16. The summed E-state index contributed by atoms with van der Waals surface area (Å²) in [7, 11) is 5.82. The highest BCUT2D eigenvalue weighted by atomic mass is 16.7. The Morgan fingerprint density at radius 3 is 1.17 bits per heavy atom. The molecular weight excluding hydrogens is 316 g/mol. The van der Waals surface area contributed by atoms with E-state index in [1.165, 1.54) is 28.4 Å². The molecule has 7 heteroatoms. The standard InChI is InChI=1S/C17H18O7/c1-19-11-7-5-8-12(20-2)15(11)23-17(18)24-16-13(21-3)9-6-10-14(16)22-4/h5-10H,1-4H3. The van der Waals surface area contributed by atoms with E-state index < -0.39 is 6.16 Å². The average molecular weight is 334 g/mol. The van der Waals surface area contributed by atoms with E-state index >= 15 is 0 Å². The van der Waals surface area contributed by atoms with Crippen LogP contribution in [0.3, 0.4) is 0 Å². The summed E-state index contributed by atoms with van der Waals surface area (Å²) in [5.74, 6) is 1.55. The zero-order valence-corrected chi connectivity index (χ0v) is 13.8. The van der Waals surface area contributed by atoms with E-state index in [0.717, 1.165) is 0 Å². The lowest BCUT2D eigenvalue weighted by molar-refractivity contribution is 0.145. The summed E-state index contributed by atoms with van der Waals surface area (Å²) in [4.78, 5) is 12.2. The van der Waals surface area contributed by atoms with Gasteiger partial charge in [0.1, 0.15) is 0 Å². The van der Waals surface area contributed by atoms with Crippen molar-refractivity contribution < 1.29 is 33.2 Å². The fourth-order valence-corrected chi connectivity index (χ4v) is 2.02. The van der Waals surface area contributed by atoms with E-state index in [1.807, 2.05) is 0 Å². The molecule has 0 saturated carbocycles. The minimum absolute atomic E-state index is 0.112. The van der Waals surface area contributed by atoms with Crippen LogP contribution in [0.2, 0.25) is 0 Å². The maximum atomic E-state index is 12.2. The van der Waals surface area contributed by atoms with Crippen molar-refractivity contribution in [1.29, 1.82) is 0 Å². The Balaban J connectivity index is 2.27. The molecule has 0 bridgehead atoms. The smallest absolute Gasteiger partial charge is 0.493 e. The van der Waals surface area contributed by atoms with E-state index in [9.17, 15) is 4.79 Å². The molecule has 0 aliphatic carbocycles. The molecule has 7 nitrogen and oxygen atoms in total. The number of ether oxygens (including phenoxy) is 6. The summed E-state index contributed by atoms with van der Waals surface area (Å²) in [6, 6.07) is 9.95. The first-order chi connectivity index (χ1) is 11.6. The van der Waals surface area contributed by atoms with Gasteiger partial charge >= 0.3 is 6.16 Å². The van der Waals surface area contributed by atoms with Gasteiger partial charge in [0.05, 0.1) is 28.4 Å². The second kappa shape index (κ2) is 7.96. The predicted molar refractivity (Wildman–Crippen MR) is 85.7 cm³/mol. The lowest BCUT2D eigenvalue weighted by Gasteiger charge is -2.15. The van der Waals surface area contributed by atoms with Gasteiger partial charge in [-0.05, 0) is 24.3 Å². The Morgan fingerprint density at radius 2 is 0.917 bits per heavy atom. The number of para-hydroxylation sites is 2. The van der Waals surface area contributed by atoms with Crippen LogP contribution in [0.15, 0.2) is 36.4 Å². The van der Waals surface area contributed by atoms with Gasteiger partial charge in [-0.25, -0.2) is 4.79 Å². The second-order valence-electron chi connectivity index (χ2n) is 4.44. The largest absolute Gasteiger partial charge is 0.519 e. The fraction of sp³-hybridized carbons (Fsp3) is 0.235. The molecule has 0 aliphatic heterocycles. The summed E-state index contributed by atoms with van der Waals surface area (Å²) in [6.45, 7) is 0. The monoisotopic (exact) mass is 334 g/mol. The van der Waals surface area contributed by atoms with E-state index in [-0.39, 0.29) is 11.5 Å². The molecule has 0 aliphatic rings. The third-order valence-electron chi connectivity index (χ3n) is 3.14. The average Bonchev–Trinajstić information content (AvgIpc) is 2.61. The van der Waals surface area contributed by atoms with Gasteiger partial charge in [0.25, 0.3) is 0 Å². The van der Waals surface area contributed by atoms with Crippen LogP contribution in [-0.4, -0.2) is 34.6 Å². The normalized spacial score (nSPS) is 9.83. The van der Waals surface area contributed by atoms with Crippen LogP contribution in [0.25, 0.3) is 0 Å². The van der Waals surface area contributed by atoms with Crippen molar-refractivity contribution in [2.24, 2.45) is 0 Å². The van der Waals surface area contributed by atoms with Gasteiger partial charge in [-0.1, -0.05) is 12.1 Å². The van der Waals surface area contributed by atoms with E-state index in [4.69, 9.17) is 28.4 Å². The molecule has 128 valence electrons. The van der Waals surface area contributed by atoms with E-state index in [2.05, 4.69) is 0 Å². The Bertz CT molecular complexity index is 608. The third-order valence-corrected chi connectivity index (χ3v) is 3.14. The molecule has 0 atom stereocenters. The topological polar surface area (TPSA) is 72.5 Å². The molecule has 2 aromatic carbocycles. The first kappa shape index (κ1) is 17.3. The van der Waals surface area contributed by atoms with Gasteiger partial charge in [0.15, 0.2) is 23.0 Å². The van der Waals surface area contributed by atoms with Crippen LogP contribution in [-0.2, 0) is 0 Å². The number of carbonyl (C=O) groups excluding carboxylic acids is 1. The molecule has 2 rings (SSSR count). The van der Waals surface area contributed by atoms with Gasteiger partial charge in [0, 0.05) is 0 Å². The van der Waals surface area contributed by atoms with Crippen molar-refractivity contribution in [3.8, 4) is 34.5 Å². The number of methoxy groups -OCH3 is 4. The van der Waals surface area contributed by atoms with Crippen LogP contribution >= 0.6 is 0 Å². The zero-order valence-electron chi connectivity index (χ0n) is 13.8. The molecule has 0 aromatic heterocycles. The molecular formula is C17H18O7. The van der Waals surface area contributed by atoms with Crippen LogP contribution in [0.1, 0.15) is 0 Å². The minimum Gasteiger partial charge on any atom is -0.493 e. The van der Waals surface area contributed by atoms with Crippen molar-refractivity contribution >= 4 is 6.16 Å². The first-order valence-corrected chi connectivity index (χ1v) is 6.96. The third kappa shape index (κ3) is 3.62. The molecule has 0 saturated heterocycles. The Kier molecular flexibility index (Phi) is 5.73. The number of carbonyl (C=O) groups is 1. The Morgan fingerprint density at radius 1 is 0.625 bits per heavy atom. The summed E-state index contributed by atoms with van der Waals surface area (Å²) in [5, 5.41) is 0. The fourth-order valence-electron chi connectivity index (χ4n) is 2.02. The molecule has 24 heavy (non-hydrogen) atoms. The molecule has 0 amide bonds. The maximum Gasteiger partial charge on any atom is 0.519 e. The second-order valence-corrected chi connectivity index (χ2v) is 4.44. The zero-order chi connectivity index (χ0) is 17.5. The van der Waals surface area contributed by atoms with Gasteiger partial charge in [0.2, 0.25) is 11.5 Å². The minimum atomic E-state index is -0.986. The highest BCUT2D eigenvalue weighted by Crippen LogP contribution is 2.39. The van der Waals surface area contributed by atoms with Crippen molar-refractivity contribution in [2.75, 3.05) is 28.4 Å². The van der Waals surface area contributed by atoms with Crippen molar-refractivity contribution in [3.05, 3.63) is 36.4 Å². The van der Waals surface area contributed by atoms with Crippen LogP contribution in [0, 0.1) is 0 Å². The van der Waals surface area contributed by atoms with Gasteiger partial charge in [-0.15, -0.1) is 0 Å². The van der Waals surface area contributed by atoms with Gasteiger partial charge < -0.3 is 28.4 Å². The summed E-state index contributed by atoms with van der Waals surface area (Å²) in [6.07, 6.45) is -0.986. The molecule has 0 unspecified atom stereocenters. The van der Waals surface area contributed by atoms with Crippen LogP contribution in [0.5, 0.6) is 34.5 Å². The molecule has 0 N–H and O–H groups in total. The molecule has 0 spiro atoms. The number of hydrogen-bond acceptors (Lipinski definition) is 7. The number of rotatable bonds is 6. The summed E-state index contributed by atoms with van der Waals surface area (Å²) >= 11 is 0. The molecule has 0 radical (unpaired) electrons. The lowest BCUT2D eigenvalue weighted by atomic mass is 10.3. The summed E-state index contributed by atoms with van der Waals surface area (Å²) < 4.78 is 31.1. The SMILES string of the molecule is COc1cccc(OC)c1OC(=O)Oc1c(OC)cccc1OC. The van der Waals surface area contributed by atoms with E-state index in [0.29, 0.717) is 23.0 Å². The Hall–Kier alpha value is -3.09. The van der Waals surface area contributed by atoms with Crippen LogP contribution < -0.4 is 28.4 Å². The van der Waals surface area contributed by atoms with Gasteiger partial charge in [-0.3, -0.25) is 0 Å². The van der Waals surface area contributed by atoms with Crippen molar-refractivity contribution in [1.82, 2.24) is 0 Å². The molecule has 2 aromatic rings. The predicted octanol–water partition coefficient (Wildman–Crippen LogP) is 3.30. The quantitative estimate of drug-likeness (QED) is 0.593. The number of hydrogen-bond donors (Lipinski definition) is 0.